The zero-order valence-electron chi connectivity index (χ0n) is 37.9. The number of esters is 3. The average Bonchev–Trinajstić information content (AvgIpc) is 3.73. The monoisotopic (exact) mass is 903 g/mol. The van der Waals surface area contributed by atoms with Crippen LogP contribution in [-0.4, -0.2) is 61.4 Å². The Kier molecular flexibility index (Phi) is 43.6. The fourth-order valence-electron chi connectivity index (χ4n) is 6.99. The topological polar surface area (TPSA) is 137 Å². The first-order valence-corrected chi connectivity index (χ1v) is 27.5. The van der Waals surface area contributed by atoms with E-state index in [0.29, 0.717) is 18.1 Å². The maximum absolute atomic E-state index is 12.7. The molecule has 342 valence electrons. The molecule has 0 aromatic carbocycles. The van der Waals surface area contributed by atoms with Crippen LogP contribution in [0.4, 0.5) is 0 Å². The second-order valence-electron chi connectivity index (χ2n) is 16.2. The third kappa shape index (κ3) is 40.7. The summed E-state index contributed by atoms with van der Waals surface area (Å²) in [6, 6.07) is 0. The van der Waals surface area contributed by atoms with Crippen LogP contribution >= 0.6 is 29.4 Å². The summed E-state index contributed by atoms with van der Waals surface area (Å²) in [4.78, 5) is 49.8. The number of phosphoric acid groups is 1. The van der Waals surface area contributed by atoms with Crippen LogP contribution in [0.2, 0.25) is 0 Å². The number of hydrogen-bond donors (Lipinski definition) is 0. The molecule has 0 N–H and O–H groups in total. The van der Waals surface area contributed by atoms with E-state index in [0.717, 1.165) is 51.4 Å². The van der Waals surface area contributed by atoms with Crippen molar-refractivity contribution in [3.05, 3.63) is 0 Å². The fourth-order valence-corrected chi connectivity index (χ4v) is 10.7. The molecule has 1 aliphatic rings. The molecule has 1 saturated heterocycles. The van der Waals surface area contributed by atoms with Crippen LogP contribution in [0, 0.1) is 0 Å². The molecule has 3 atom stereocenters. The van der Waals surface area contributed by atoms with Gasteiger partial charge in [-0.1, -0.05) is 196 Å². The van der Waals surface area contributed by atoms with Gasteiger partial charge < -0.3 is 28.2 Å². The molecule has 1 aliphatic heterocycles. The van der Waals surface area contributed by atoms with Gasteiger partial charge in [-0.15, -0.1) is 0 Å². The van der Waals surface area contributed by atoms with Gasteiger partial charge in [-0.2, -0.15) is 0 Å². The van der Waals surface area contributed by atoms with E-state index in [1.807, 2.05) is 21.6 Å². The zero-order valence-corrected chi connectivity index (χ0v) is 42.4. The molecule has 0 amide bonds. The van der Waals surface area contributed by atoms with Crippen LogP contribution in [0.15, 0.2) is 0 Å². The van der Waals surface area contributed by atoms with Gasteiger partial charge in [-0.05, 0) is 32.1 Å². The number of ether oxygens (including phenoxy) is 3. The molecule has 0 aromatic rings. The largest absolute Gasteiger partial charge is 1.00 e. The summed E-state index contributed by atoms with van der Waals surface area (Å²) in [7, 11) is -0.990. The van der Waals surface area contributed by atoms with Crippen molar-refractivity contribution in [2.24, 2.45) is 0 Å². The van der Waals surface area contributed by atoms with Crippen molar-refractivity contribution in [2.75, 3.05) is 32.2 Å². The molecular weight excluding hydrogens is 819 g/mol. The molecule has 1 heterocycles. The Morgan fingerprint density at radius 3 is 1.44 bits per heavy atom. The van der Waals surface area contributed by atoms with Crippen LogP contribution in [0.3, 0.4) is 0 Å². The number of rotatable bonds is 43. The Hall–Kier alpha value is 0.220. The Morgan fingerprint density at radius 2 is 0.983 bits per heavy atom. The first-order chi connectivity index (χ1) is 28.3. The van der Waals surface area contributed by atoms with Crippen molar-refractivity contribution in [2.45, 2.75) is 237 Å². The van der Waals surface area contributed by atoms with Gasteiger partial charge in [0, 0.05) is 30.3 Å². The molecular formula is C45H84NaO10PS2. The van der Waals surface area contributed by atoms with Gasteiger partial charge in [-0.25, -0.2) is 0 Å². The van der Waals surface area contributed by atoms with E-state index in [9.17, 15) is 23.8 Å². The molecule has 14 heteroatoms. The second kappa shape index (κ2) is 43.5. The zero-order chi connectivity index (χ0) is 42.2. The van der Waals surface area contributed by atoms with Crippen LogP contribution in [0.5, 0.6) is 0 Å². The van der Waals surface area contributed by atoms with Crippen LogP contribution in [0.25, 0.3) is 0 Å². The van der Waals surface area contributed by atoms with Crippen molar-refractivity contribution in [1.29, 1.82) is 0 Å². The van der Waals surface area contributed by atoms with Gasteiger partial charge >= 0.3 is 47.5 Å². The Balaban J connectivity index is 0.0000336. The van der Waals surface area contributed by atoms with Crippen LogP contribution in [0.1, 0.15) is 226 Å². The molecule has 0 saturated carbocycles. The van der Waals surface area contributed by atoms with Gasteiger partial charge in [0.15, 0.2) is 6.10 Å². The number of unbranched alkanes of at least 4 members (excludes halogenated alkanes) is 25. The van der Waals surface area contributed by atoms with E-state index in [2.05, 4.69) is 13.8 Å². The predicted octanol–water partition coefficient (Wildman–Crippen LogP) is 10.2. The van der Waals surface area contributed by atoms with Crippen molar-refractivity contribution in [3.63, 3.8) is 0 Å². The summed E-state index contributed by atoms with van der Waals surface area (Å²) in [6.45, 7) is 3.02. The van der Waals surface area contributed by atoms with E-state index in [1.54, 1.807) is 0 Å². The van der Waals surface area contributed by atoms with Crippen molar-refractivity contribution >= 4 is 47.3 Å². The molecule has 0 radical (unpaired) electrons. The van der Waals surface area contributed by atoms with E-state index in [1.165, 1.54) is 134 Å². The second-order valence-corrected chi connectivity index (χ2v) is 20.3. The molecule has 1 rings (SSSR count). The maximum Gasteiger partial charge on any atom is 1.00 e. The average molecular weight is 903 g/mol. The Morgan fingerprint density at radius 1 is 0.559 bits per heavy atom. The first kappa shape index (κ1) is 59.2. The molecule has 0 aliphatic carbocycles. The standard InChI is InChI=1S/C45H85O10PS2.Na/c1-3-5-7-9-11-13-15-17-19-21-23-25-27-32-44(47)52-39-41(55-45(48)34-28-26-24-22-20-18-16-14-12-10-8-6-4-2)40-54-56(49,50)53-37-36-51-43(46)33-30-29-31-42-35-38-57-58-42;/h41-42H,3-40H2,1-2H3,(H,49,50);/q;+1/p-1/t41-,42?;/m1./s1. The minimum atomic E-state index is -4.81. The molecule has 2 unspecified atom stereocenters. The van der Waals surface area contributed by atoms with Gasteiger partial charge in [0.05, 0.1) is 13.2 Å². The third-order valence-electron chi connectivity index (χ3n) is 10.6. The summed E-state index contributed by atoms with van der Waals surface area (Å²) in [5.74, 6) is -0.114. The summed E-state index contributed by atoms with van der Waals surface area (Å²) >= 11 is 0. The quantitative estimate of drug-likeness (QED) is 0.0144. The summed E-state index contributed by atoms with van der Waals surface area (Å²) in [6.07, 6.45) is 34.8. The van der Waals surface area contributed by atoms with E-state index in [4.69, 9.17) is 23.3 Å². The molecule has 0 bridgehead atoms. The van der Waals surface area contributed by atoms with Gasteiger partial charge in [0.25, 0.3) is 7.82 Å². The third-order valence-corrected chi connectivity index (χ3v) is 14.6. The minimum absolute atomic E-state index is 0. The Labute approximate surface area is 390 Å². The first-order valence-electron chi connectivity index (χ1n) is 23.6. The summed E-state index contributed by atoms with van der Waals surface area (Å²) in [5.41, 5.74) is 0. The van der Waals surface area contributed by atoms with Crippen molar-refractivity contribution in [1.82, 2.24) is 0 Å². The van der Waals surface area contributed by atoms with Gasteiger partial charge in [0.1, 0.15) is 13.2 Å². The molecule has 0 spiro atoms. The Bertz CT molecular complexity index is 1040. The number of carbonyl (C=O) groups is 3. The number of phosphoric ester groups is 1. The molecule has 59 heavy (non-hydrogen) atoms. The van der Waals surface area contributed by atoms with Gasteiger partial charge in [-0.3, -0.25) is 18.9 Å². The number of hydrogen-bond acceptors (Lipinski definition) is 12. The molecule has 1 fully saturated rings. The molecule has 0 aromatic heterocycles. The molecule has 10 nitrogen and oxygen atoms in total. The van der Waals surface area contributed by atoms with Crippen molar-refractivity contribution in [3.8, 4) is 0 Å². The minimum Gasteiger partial charge on any atom is -0.756 e. The SMILES string of the molecule is CCCCCCCCCCCCCCCC(=O)OC[C@H](COP(=O)([O-])OCCOC(=O)CCCCC1CCSS1)OC(=O)CCCCCCCCCCCCCCC.[Na+]. The summed E-state index contributed by atoms with van der Waals surface area (Å²) in [5, 5.41) is 0.661. The van der Waals surface area contributed by atoms with Crippen LogP contribution < -0.4 is 34.5 Å². The van der Waals surface area contributed by atoms with E-state index >= 15 is 0 Å². The van der Waals surface area contributed by atoms with Crippen molar-refractivity contribution < 1.29 is 76.7 Å². The van der Waals surface area contributed by atoms with Crippen LogP contribution in [-0.2, 0) is 42.2 Å². The normalized spacial score (nSPS) is 15.3. The fraction of sp³-hybridized carbons (Fsp3) is 0.933. The maximum atomic E-state index is 12.7. The summed E-state index contributed by atoms with van der Waals surface area (Å²) < 4.78 is 38.5. The van der Waals surface area contributed by atoms with E-state index in [-0.39, 0.29) is 68.6 Å². The van der Waals surface area contributed by atoms with Gasteiger partial charge in [0.2, 0.25) is 0 Å². The smallest absolute Gasteiger partial charge is 0.756 e. The number of carbonyl (C=O) groups excluding carboxylic acids is 3. The predicted molar refractivity (Wildman–Crippen MR) is 239 cm³/mol. The van der Waals surface area contributed by atoms with E-state index < -0.39 is 38.4 Å².